The minimum Gasteiger partial charge on any atom is -0.481 e. The van der Waals surface area contributed by atoms with E-state index in [2.05, 4.69) is 0 Å². The van der Waals surface area contributed by atoms with Gasteiger partial charge in [-0.1, -0.05) is 42.5 Å². The van der Waals surface area contributed by atoms with E-state index in [1.807, 2.05) is 40.6 Å². The van der Waals surface area contributed by atoms with Gasteiger partial charge in [-0.15, -0.1) is 4.83 Å². The fourth-order valence-electron chi connectivity index (χ4n) is 2.44. The third kappa shape index (κ3) is 4.42. The number of hydrogen-bond acceptors (Lipinski definition) is 4. The third-order valence-electron chi connectivity index (χ3n) is 3.84. The first kappa shape index (κ1) is 18.8. The molecule has 140 valence electrons. The van der Waals surface area contributed by atoms with Crippen molar-refractivity contribution >= 4 is 26.7 Å². The van der Waals surface area contributed by atoms with Crippen LogP contribution in [0.2, 0.25) is 0 Å². The SMILES string of the molecule is C[C@H](Oc1ccc2ccccc2c1)C(=O)NNS(=O)(=O)c1ccccc1F. The first-order valence-corrected chi connectivity index (χ1v) is 9.57. The molecule has 3 rings (SSSR count). The van der Waals surface area contributed by atoms with Gasteiger partial charge in [0.15, 0.2) is 6.10 Å². The van der Waals surface area contributed by atoms with Gasteiger partial charge >= 0.3 is 0 Å². The Bertz CT molecular complexity index is 1090. The molecule has 0 heterocycles. The molecule has 1 amide bonds. The lowest BCUT2D eigenvalue weighted by molar-refractivity contribution is -0.127. The molecule has 0 saturated heterocycles. The van der Waals surface area contributed by atoms with E-state index in [0.29, 0.717) is 5.75 Å². The predicted molar refractivity (Wildman–Crippen MR) is 98.9 cm³/mol. The Kier molecular flexibility index (Phi) is 5.38. The van der Waals surface area contributed by atoms with Crippen molar-refractivity contribution in [3.63, 3.8) is 0 Å². The number of fused-ring (bicyclic) bond motifs is 1. The van der Waals surface area contributed by atoms with Gasteiger partial charge in [0.2, 0.25) is 0 Å². The zero-order valence-electron chi connectivity index (χ0n) is 14.3. The molecule has 0 bridgehead atoms. The average Bonchev–Trinajstić information content (AvgIpc) is 2.66. The van der Waals surface area contributed by atoms with Crippen LogP contribution in [0.5, 0.6) is 5.75 Å². The first-order chi connectivity index (χ1) is 12.9. The molecular weight excluding hydrogens is 371 g/mol. The summed E-state index contributed by atoms with van der Waals surface area (Å²) in [6.45, 7) is 1.47. The molecule has 0 fully saturated rings. The lowest BCUT2D eigenvalue weighted by Crippen LogP contribution is -2.47. The van der Waals surface area contributed by atoms with Gasteiger partial charge in [0.05, 0.1) is 0 Å². The van der Waals surface area contributed by atoms with Crippen LogP contribution in [-0.2, 0) is 14.8 Å². The molecule has 2 N–H and O–H groups in total. The van der Waals surface area contributed by atoms with Crippen LogP contribution < -0.4 is 15.0 Å². The highest BCUT2D eigenvalue weighted by atomic mass is 32.2. The molecule has 0 aliphatic heterocycles. The lowest BCUT2D eigenvalue weighted by atomic mass is 10.1. The number of carbonyl (C=O) groups is 1. The van der Waals surface area contributed by atoms with E-state index in [0.717, 1.165) is 22.9 Å². The molecule has 3 aromatic carbocycles. The summed E-state index contributed by atoms with van der Waals surface area (Å²) >= 11 is 0. The van der Waals surface area contributed by atoms with E-state index in [9.17, 15) is 17.6 Å². The average molecular weight is 388 g/mol. The van der Waals surface area contributed by atoms with E-state index in [1.165, 1.54) is 19.1 Å². The highest BCUT2D eigenvalue weighted by molar-refractivity contribution is 7.89. The number of hydrogen-bond donors (Lipinski definition) is 2. The van der Waals surface area contributed by atoms with Crippen LogP contribution >= 0.6 is 0 Å². The summed E-state index contributed by atoms with van der Waals surface area (Å²) in [5.74, 6) is -1.17. The van der Waals surface area contributed by atoms with Crippen molar-refractivity contribution < 1.29 is 22.3 Å². The molecule has 0 radical (unpaired) electrons. The van der Waals surface area contributed by atoms with Crippen molar-refractivity contribution in [2.45, 2.75) is 17.9 Å². The van der Waals surface area contributed by atoms with Crippen molar-refractivity contribution in [1.29, 1.82) is 0 Å². The van der Waals surface area contributed by atoms with Crippen molar-refractivity contribution in [3.8, 4) is 5.75 Å². The summed E-state index contributed by atoms with van der Waals surface area (Å²) in [6, 6.07) is 17.9. The van der Waals surface area contributed by atoms with Crippen LogP contribution in [0.15, 0.2) is 71.6 Å². The standard InChI is InChI=1S/C19H17FN2O4S/c1-13(26-16-11-10-14-6-2-3-7-15(14)12-16)19(23)21-22-27(24,25)18-9-5-4-8-17(18)20/h2-13,22H,1H3,(H,21,23)/t13-/m0/s1. The molecule has 27 heavy (non-hydrogen) atoms. The van der Waals surface area contributed by atoms with E-state index in [4.69, 9.17) is 4.74 Å². The number of halogens is 1. The van der Waals surface area contributed by atoms with Gasteiger partial charge in [-0.2, -0.15) is 0 Å². The maximum atomic E-state index is 13.6. The molecular formula is C19H17FN2O4S. The molecule has 0 aliphatic carbocycles. The Morgan fingerprint density at radius 1 is 1.00 bits per heavy atom. The topological polar surface area (TPSA) is 84.5 Å². The maximum Gasteiger partial charge on any atom is 0.275 e. The van der Waals surface area contributed by atoms with E-state index < -0.39 is 32.7 Å². The highest BCUT2D eigenvalue weighted by Crippen LogP contribution is 2.21. The molecule has 0 saturated carbocycles. The number of benzene rings is 3. The largest absolute Gasteiger partial charge is 0.481 e. The zero-order chi connectivity index (χ0) is 19.4. The summed E-state index contributed by atoms with van der Waals surface area (Å²) in [5, 5.41) is 1.97. The minimum absolute atomic E-state index is 0.466. The lowest BCUT2D eigenvalue weighted by Gasteiger charge is -2.16. The fraction of sp³-hybridized carbons (Fsp3) is 0.105. The van der Waals surface area contributed by atoms with Gasteiger partial charge in [0.1, 0.15) is 16.5 Å². The number of nitrogens with one attached hydrogen (secondary N) is 2. The second kappa shape index (κ2) is 7.73. The summed E-state index contributed by atoms with van der Waals surface area (Å²) in [5.41, 5.74) is 2.04. The Morgan fingerprint density at radius 2 is 1.67 bits per heavy atom. The van der Waals surface area contributed by atoms with Crippen LogP contribution in [0, 0.1) is 5.82 Å². The van der Waals surface area contributed by atoms with Gasteiger partial charge in [0.25, 0.3) is 15.9 Å². The zero-order valence-corrected chi connectivity index (χ0v) is 15.2. The molecule has 0 unspecified atom stereocenters. The van der Waals surface area contributed by atoms with Crippen LogP contribution in [0.1, 0.15) is 6.92 Å². The van der Waals surface area contributed by atoms with E-state index in [1.54, 1.807) is 12.1 Å². The number of amides is 1. The molecule has 0 aliphatic rings. The predicted octanol–water partition coefficient (Wildman–Crippen LogP) is 2.76. The van der Waals surface area contributed by atoms with Crippen LogP contribution in [-0.4, -0.2) is 20.4 Å². The number of sulfonamides is 1. The maximum absolute atomic E-state index is 13.6. The van der Waals surface area contributed by atoms with E-state index >= 15 is 0 Å². The number of hydrazine groups is 1. The molecule has 6 nitrogen and oxygen atoms in total. The minimum atomic E-state index is -4.23. The van der Waals surface area contributed by atoms with Gasteiger partial charge in [-0.25, -0.2) is 12.8 Å². The van der Waals surface area contributed by atoms with Crippen molar-refractivity contribution in [2.75, 3.05) is 0 Å². The molecule has 0 spiro atoms. The Hall–Kier alpha value is -2.97. The van der Waals surface area contributed by atoms with Gasteiger partial charge < -0.3 is 4.74 Å². The molecule has 3 aromatic rings. The molecule has 1 atom stereocenters. The van der Waals surface area contributed by atoms with Crippen molar-refractivity contribution in [1.82, 2.24) is 10.3 Å². The first-order valence-electron chi connectivity index (χ1n) is 8.08. The highest BCUT2D eigenvalue weighted by Gasteiger charge is 2.21. The summed E-state index contributed by atoms with van der Waals surface area (Å²) in [6.07, 6.45) is -0.977. The fourth-order valence-corrected chi connectivity index (χ4v) is 3.36. The normalized spacial score (nSPS) is 12.5. The van der Waals surface area contributed by atoms with E-state index in [-0.39, 0.29) is 0 Å². The Morgan fingerprint density at radius 3 is 2.41 bits per heavy atom. The van der Waals surface area contributed by atoms with Gasteiger partial charge in [-0.3, -0.25) is 10.2 Å². The Labute approximate surface area is 156 Å². The number of rotatable bonds is 6. The van der Waals surface area contributed by atoms with Gasteiger partial charge in [0, 0.05) is 0 Å². The summed E-state index contributed by atoms with van der Waals surface area (Å²) in [7, 11) is -4.23. The van der Waals surface area contributed by atoms with Crippen LogP contribution in [0.25, 0.3) is 10.8 Å². The third-order valence-corrected chi connectivity index (χ3v) is 5.12. The van der Waals surface area contributed by atoms with Crippen LogP contribution in [0.4, 0.5) is 4.39 Å². The summed E-state index contributed by atoms with van der Waals surface area (Å²) < 4.78 is 43.3. The summed E-state index contributed by atoms with van der Waals surface area (Å²) in [4.78, 5) is 13.4. The molecule has 8 heteroatoms. The smallest absolute Gasteiger partial charge is 0.275 e. The van der Waals surface area contributed by atoms with Gasteiger partial charge in [-0.05, 0) is 42.0 Å². The van der Waals surface area contributed by atoms with Crippen molar-refractivity contribution in [3.05, 3.63) is 72.5 Å². The van der Waals surface area contributed by atoms with Crippen LogP contribution in [0.3, 0.4) is 0 Å². The number of carbonyl (C=O) groups excluding carboxylic acids is 1. The number of ether oxygens (including phenoxy) is 1. The second-order valence-electron chi connectivity index (χ2n) is 5.79. The quantitative estimate of drug-likeness (QED) is 0.636. The Balaban J connectivity index is 1.64. The second-order valence-corrected chi connectivity index (χ2v) is 7.45. The van der Waals surface area contributed by atoms with Crippen molar-refractivity contribution in [2.24, 2.45) is 0 Å². The molecule has 0 aromatic heterocycles. The monoisotopic (exact) mass is 388 g/mol.